The maximum absolute atomic E-state index is 10.8. The van der Waals surface area contributed by atoms with Crippen molar-refractivity contribution in [2.45, 2.75) is 25.8 Å². The summed E-state index contributed by atoms with van der Waals surface area (Å²) < 4.78 is 4.44. The van der Waals surface area contributed by atoms with E-state index in [0.717, 1.165) is 6.42 Å². The number of rotatable bonds is 5. The van der Waals surface area contributed by atoms with Gasteiger partial charge in [0.1, 0.15) is 6.04 Å². The Hall–Kier alpha value is -1.06. The summed E-state index contributed by atoms with van der Waals surface area (Å²) in [7, 11) is 1.29. The van der Waals surface area contributed by atoms with Gasteiger partial charge in [-0.1, -0.05) is 13.3 Å². The van der Waals surface area contributed by atoms with Gasteiger partial charge in [-0.05, 0) is 6.42 Å². The number of nitrogens with one attached hydrogen (secondary N) is 1. The van der Waals surface area contributed by atoms with E-state index in [1.165, 1.54) is 13.5 Å². The van der Waals surface area contributed by atoms with Gasteiger partial charge in [0, 0.05) is 0 Å². The standard InChI is InChI=1S/C7H12NO3/c1-3-4-6(8-5-9)7(10)11-2/h6H,3-4H2,1-2H3,(H,8,9). The van der Waals surface area contributed by atoms with E-state index in [9.17, 15) is 9.59 Å². The highest BCUT2D eigenvalue weighted by Gasteiger charge is 2.16. The Kier molecular flexibility index (Phi) is 5.15. The van der Waals surface area contributed by atoms with E-state index in [0.29, 0.717) is 6.42 Å². The number of carbonyl (C=O) groups is 1. The van der Waals surface area contributed by atoms with Crippen molar-refractivity contribution in [3.8, 4) is 0 Å². The monoisotopic (exact) mass is 158 g/mol. The first-order chi connectivity index (χ1) is 5.26. The zero-order valence-electron chi connectivity index (χ0n) is 6.72. The molecule has 0 aromatic carbocycles. The van der Waals surface area contributed by atoms with Crippen LogP contribution in [0.25, 0.3) is 0 Å². The number of ether oxygens (including phenoxy) is 1. The summed E-state index contributed by atoms with van der Waals surface area (Å²) in [6.45, 7) is 1.92. The second-order valence-corrected chi connectivity index (χ2v) is 2.11. The van der Waals surface area contributed by atoms with Crippen LogP contribution >= 0.6 is 0 Å². The third-order valence-electron chi connectivity index (χ3n) is 1.30. The number of methoxy groups -OCH3 is 1. The Morgan fingerprint density at radius 3 is 2.73 bits per heavy atom. The smallest absolute Gasteiger partial charge is 0.328 e. The zero-order chi connectivity index (χ0) is 8.69. The molecule has 1 N–H and O–H groups in total. The highest BCUT2D eigenvalue weighted by Crippen LogP contribution is 1.97. The molecule has 1 atom stereocenters. The lowest BCUT2D eigenvalue weighted by Gasteiger charge is -2.10. The lowest BCUT2D eigenvalue weighted by molar-refractivity contribution is -0.142. The molecule has 0 spiro atoms. The molecule has 0 saturated heterocycles. The van der Waals surface area contributed by atoms with Gasteiger partial charge in [0.15, 0.2) is 0 Å². The molecule has 0 aromatic rings. The largest absolute Gasteiger partial charge is 0.467 e. The average Bonchev–Trinajstić information content (AvgIpc) is 2.03. The van der Waals surface area contributed by atoms with Gasteiger partial charge in [-0.2, -0.15) is 0 Å². The van der Waals surface area contributed by atoms with E-state index >= 15 is 0 Å². The molecule has 4 heteroatoms. The molecule has 0 aromatic heterocycles. The maximum Gasteiger partial charge on any atom is 0.328 e. The Balaban J connectivity index is 3.86. The molecular weight excluding hydrogens is 146 g/mol. The fourth-order valence-electron chi connectivity index (χ4n) is 0.751. The Bertz CT molecular complexity index is 136. The minimum Gasteiger partial charge on any atom is -0.467 e. The first kappa shape index (κ1) is 9.94. The number of hydrogen-bond acceptors (Lipinski definition) is 3. The van der Waals surface area contributed by atoms with E-state index in [1.54, 1.807) is 0 Å². The van der Waals surface area contributed by atoms with Crippen molar-refractivity contribution in [2.75, 3.05) is 7.11 Å². The Morgan fingerprint density at radius 2 is 2.36 bits per heavy atom. The summed E-state index contributed by atoms with van der Waals surface area (Å²) in [6, 6.07) is -0.539. The van der Waals surface area contributed by atoms with Gasteiger partial charge in [-0.15, -0.1) is 0 Å². The lowest BCUT2D eigenvalue weighted by Crippen LogP contribution is -2.36. The summed E-state index contributed by atoms with van der Waals surface area (Å²) in [5.41, 5.74) is 0. The molecule has 0 bridgehead atoms. The molecule has 0 rings (SSSR count). The van der Waals surface area contributed by atoms with E-state index in [4.69, 9.17) is 0 Å². The van der Waals surface area contributed by atoms with Crippen LogP contribution in [0.2, 0.25) is 0 Å². The molecule has 0 aliphatic carbocycles. The zero-order valence-corrected chi connectivity index (χ0v) is 6.72. The van der Waals surface area contributed by atoms with Crippen molar-refractivity contribution < 1.29 is 14.3 Å². The quantitative estimate of drug-likeness (QED) is 0.452. The van der Waals surface area contributed by atoms with E-state index in [2.05, 4.69) is 10.1 Å². The van der Waals surface area contributed by atoms with Crippen LogP contribution in [-0.4, -0.2) is 25.5 Å². The van der Waals surface area contributed by atoms with E-state index in [-0.39, 0.29) is 0 Å². The highest BCUT2D eigenvalue weighted by molar-refractivity contribution is 5.78. The van der Waals surface area contributed by atoms with Crippen LogP contribution in [0.3, 0.4) is 0 Å². The fourth-order valence-corrected chi connectivity index (χ4v) is 0.751. The van der Waals surface area contributed by atoms with E-state index in [1.807, 2.05) is 6.92 Å². The molecule has 63 valence electrons. The molecule has 4 nitrogen and oxygen atoms in total. The molecule has 0 aliphatic heterocycles. The third-order valence-corrected chi connectivity index (χ3v) is 1.30. The van der Waals surface area contributed by atoms with Crippen LogP contribution in [0.15, 0.2) is 0 Å². The van der Waals surface area contributed by atoms with Crippen LogP contribution in [0.1, 0.15) is 19.8 Å². The predicted octanol–water partition coefficient (Wildman–Crippen LogP) is -0.0151. The van der Waals surface area contributed by atoms with Crippen molar-refractivity contribution in [3.63, 3.8) is 0 Å². The molecule has 1 radical (unpaired) electrons. The summed E-state index contributed by atoms with van der Waals surface area (Å²) in [5.74, 6) is -0.421. The van der Waals surface area contributed by atoms with Gasteiger partial charge in [0.05, 0.1) is 7.11 Å². The SMILES string of the molecule is CCCC(N[C]=O)C(=O)OC. The predicted molar refractivity (Wildman–Crippen MR) is 39.5 cm³/mol. The average molecular weight is 158 g/mol. The van der Waals surface area contributed by atoms with Gasteiger partial charge in [0.2, 0.25) is 0 Å². The van der Waals surface area contributed by atoms with Gasteiger partial charge in [0.25, 0.3) is 0 Å². The molecule has 11 heavy (non-hydrogen) atoms. The first-order valence-corrected chi connectivity index (χ1v) is 3.46. The van der Waals surface area contributed by atoms with Crippen molar-refractivity contribution in [1.82, 2.24) is 5.32 Å². The van der Waals surface area contributed by atoms with Crippen molar-refractivity contribution in [1.29, 1.82) is 0 Å². The molecule has 0 saturated carbocycles. The first-order valence-electron chi connectivity index (χ1n) is 3.46. The van der Waals surface area contributed by atoms with Gasteiger partial charge >= 0.3 is 12.4 Å². The van der Waals surface area contributed by atoms with Gasteiger partial charge in [-0.3, -0.25) is 4.79 Å². The lowest BCUT2D eigenvalue weighted by atomic mass is 10.2. The molecule has 1 amide bonds. The minimum absolute atomic E-state index is 0.421. The second-order valence-electron chi connectivity index (χ2n) is 2.11. The minimum atomic E-state index is -0.539. The second kappa shape index (κ2) is 5.70. The van der Waals surface area contributed by atoms with Crippen LogP contribution in [-0.2, 0) is 14.3 Å². The van der Waals surface area contributed by atoms with Crippen LogP contribution < -0.4 is 5.32 Å². The van der Waals surface area contributed by atoms with Crippen LogP contribution in [0.5, 0.6) is 0 Å². The number of amides is 1. The summed E-state index contributed by atoms with van der Waals surface area (Å²) in [6.07, 6.45) is 2.87. The topological polar surface area (TPSA) is 55.4 Å². The van der Waals surface area contributed by atoms with Gasteiger partial charge < -0.3 is 10.1 Å². The summed E-state index contributed by atoms with van der Waals surface area (Å²) in [5, 5.41) is 2.25. The fraction of sp³-hybridized carbons (Fsp3) is 0.714. The van der Waals surface area contributed by atoms with Crippen LogP contribution in [0, 0.1) is 0 Å². The Labute approximate surface area is 65.9 Å². The normalized spacial score (nSPS) is 11.8. The molecule has 0 heterocycles. The summed E-state index contributed by atoms with van der Waals surface area (Å²) >= 11 is 0. The van der Waals surface area contributed by atoms with Crippen molar-refractivity contribution in [3.05, 3.63) is 0 Å². The van der Waals surface area contributed by atoms with Gasteiger partial charge in [-0.25, -0.2) is 4.79 Å². The summed E-state index contributed by atoms with van der Waals surface area (Å²) in [4.78, 5) is 20.7. The third kappa shape index (κ3) is 3.60. The molecule has 1 unspecified atom stereocenters. The van der Waals surface area contributed by atoms with E-state index < -0.39 is 12.0 Å². The molecular formula is C7H12NO3. The van der Waals surface area contributed by atoms with Crippen molar-refractivity contribution in [2.24, 2.45) is 0 Å². The molecule has 0 fully saturated rings. The molecule has 0 aliphatic rings. The Morgan fingerprint density at radius 1 is 1.73 bits per heavy atom. The maximum atomic E-state index is 10.8. The van der Waals surface area contributed by atoms with Crippen molar-refractivity contribution >= 4 is 12.4 Å². The number of esters is 1. The highest BCUT2D eigenvalue weighted by atomic mass is 16.5. The number of hydrogen-bond donors (Lipinski definition) is 1. The number of carbonyl (C=O) groups excluding carboxylic acids is 2. The van der Waals surface area contributed by atoms with Crippen LogP contribution in [0.4, 0.5) is 0 Å².